The van der Waals surface area contributed by atoms with Gasteiger partial charge in [0.25, 0.3) is 0 Å². The molecule has 42 valence electrons. The second-order valence-corrected chi connectivity index (χ2v) is 1.57. The summed E-state index contributed by atoms with van der Waals surface area (Å²) in [7, 11) is 0. The van der Waals surface area contributed by atoms with Crippen LogP contribution in [0.3, 0.4) is 0 Å². The summed E-state index contributed by atoms with van der Waals surface area (Å²) in [6.45, 7) is 3.63. The van der Waals surface area contributed by atoms with Gasteiger partial charge >= 0.3 is 0 Å². The van der Waals surface area contributed by atoms with Crippen LogP contribution in [0, 0.1) is 0 Å². The van der Waals surface area contributed by atoms with E-state index < -0.39 is 0 Å². The molecule has 0 aliphatic rings. The standard InChI is InChI=1S/C6H11F/c1-3-6(2)4-5-7/h3H,4-5H2,1-2H3. The largest absolute Gasteiger partial charge is 0.251 e. The smallest absolute Gasteiger partial charge is 0.0931 e. The Bertz CT molecular complexity index is 64.6. The van der Waals surface area contributed by atoms with Crippen LogP contribution in [-0.2, 0) is 0 Å². The molecule has 0 heterocycles. The fraction of sp³-hybridized carbons (Fsp3) is 0.667. The highest BCUT2D eigenvalue weighted by Crippen LogP contribution is 1.97. The summed E-state index contributed by atoms with van der Waals surface area (Å²) in [5.74, 6) is 0. The van der Waals surface area contributed by atoms with Gasteiger partial charge in [-0.3, -0.25) is 4.39 Å². The molecule has 7 heavy (non-hydrogen) atoms. The van der Waals surface area contributed by atoms with Crippen LogP contribution in [0.2, 0.25) is 0 Å². The average Bonchev–Trinajstić information content (AvgIpc) is 1.68. The van der Waals surface area contributed by atoms with Crippen molar-refractivity contribution in [3.05, 3.63) is 11.6 Å². The van der Waals surface area contributed by atoms with E-state index in [1.54, 1.807) is 0 Å². The van der Waals surface area contributed by atoms with Gasteiger partial charge in [0.1, 0.15) is 0 Å². The number of alkyl halides is 1. The predicted octanol–water partition coefficient (Wildman–Crippen LogP) is 2.31. The Morgan fingerprint density at radius 2 is 2.29 bits per heavy atom. The second-order valence-electron chi connectivity index (χ2n) is 1.57. The Morgan fingerprint density at radius 3 is 2.43 bits per heavy atom. The Kier molecular flexibility index (Phi) is 3.67. The molecule has 0 aliphatic carbocycles. The van der Waals surface area contributed by atoms with E-state index in [0.717, 1.165) is 5.57 Å². The first kappa shape index (κ1) is 6.67. The minimum atomic E-state index is -0.226. The average molecular weight is 102 g/mol. The van der Waals surface area contributed by atoms with Gasteiger partial charge in [0.2, 0.25) is 0 Å². The summed E-state index contributed by atoms with van der Waals surface area (Å²) < 4.78 is 11.4. The van der Waals surface area contributed by atoms with Crippen molar-refractivity contribution in [1.29, 1.82) is 0 Å². The predicted molar refractivity (Wildman–Crippen MR) is 30.0 cm³/mol. The fourth-order valence-electron chi connectivity index (χ4n) is 0.293. The van der Waals surface area contributed by atoms with Gasteiger partial charge in [0.15, 0.2) is 0 Å². The van der Waals surface area contributed by atoms with Crippen LogP contribution in [0.25, 0.3) is 0 Å². The lowest BCUT2D eigenvalue weighted by Gasteiger charge is -1.88. The van der Waals surface area contributed by atoms with Gasteiger partial charge in [-0.25, -0.2) is 0 Å². The van der Waals surface area contributed by atoms with Gasteiger partial charge in [-0.05, 0) is 20.3 Å². The monoisotopic (exact) mass is 102 g/mol. The van der Waals surface area contributed by atoms with Gasteiger partial charge in [0.05, 0.1) is 6.67 Å². The lowest BCUT2D eigenvalue weighted by Crippen LogP contribution is -1.75. The third kappa shape index (κ3) is 3.50. The fourth-order valence-corrected chi connectivity index (χ4v) is 0.293. The third-order valence-corrected chi connectivity index (χ3v) is 0.982. The molecule has 0 fully saturated rings. The Hall–Kier alpha value is -0.330. The lowest BCUT2D eigenvalue weighted by atomic mass is 10.2. The maximum absolute atomic E-state index is 11.4. The zero-order chi connectivity index (χ0) is 5.70. The highest BCUT2D eigenvalue weighted by Gasteiger charge is 1.82. The van der Waals surface area contributed by atoms with Gasteiger partial charge in [0, 0.05) is 0 Å². The summed E-state index contributed by atoms with van der Waals surface area (Å²) in [6.07, 6.45) is 2.52. The van der Waals surface area contributed by atoms with E-state index >= 15 is 0 Å². The van der Waals surface area contributed by atoms with Crippen LogP contribution in [0.4, 0.5) is 4.39 Å². The molecule has 0 amide bonds. The number of halogens is 1. The first-order valence-electron chi connectivity index (χ1n) is 2.49. The van der Waals surface area contributed by atoms with Crippen LogP contribution in [0.5, 0.6) is 0 Å². The Balaban J connectivity index is 3.17. The molecule has 0 aromatic rings. The van der Waals surface area contributed by atoms with E-state index in [1.165, 1.54) is 0 Å². The first-order chi connectivity index (χ1) is 3.31. The molecule has 0 aliphatic heterocycles. The third-order valence-electron chi connectivity index (χ3n) is 0.982. The molecule has 0 aromatic carbocycles. The molecule has 0 unspecified atom stereocenters. The number of rotatable bonds is 2. The quantitative estimate of drug-likeness (QED) is 0.469. The second kappa shape index (κ2) is 3.85. The zero-order valence-corrected chi connectivity index (χ0v) is 4.87. The molecule has 0 rings (SSSR count). The van der Waals surface area contributed by atoms with Crippen LogP contribution in [0.1, 0.15) is 20.3 Å². The molecule has 0 bridgehead atoms. The Labute approximate surface area is 44.0 Å². The van der Waals surface area contributed by atoms with Gasteiger partial charge in [-0.15, -0.1) is 0 Å². The van der Waals surface area contributed by atoms with Crippen molar-refractivity contribution >= 4 is 0 Å². The summed E-state index contributed by atoms with van der Waals surface area (Å²) in [5.41, 5.74) is 1.13. The van der Waals surface area contributed by atoms with Gasteiger partial charge in [-0.2, -0.15) is 0 Å². The van der Waals surface area contributed by atoms with Crippen molar-refractivity contribution in [3.63, 3.8) is 0 Å². The number of hydrogen-bond acceptors (Lipinski definition) is 0. The minimum Gasteiger partial charge on any atom is -0.251 e. The van der Waals surface area contributed by atoms with Crippen LogP contribution >= 0.6 is 0 Å². The molecule has 1 heteroatoms. The van der Waals surface area contributed by atoms with E-state index in [4.69, 9.17) is 0 Å². The van der Waals surface area contributed by atoms with Crippen molar-refractivity contribution in [2.45, 2.75) is 20.3 Å². The molecule has 0 atom stereocenters. The van der Waals surface area contributed by atoms with E-state index in [2.05, 4.69) is 0 Å². The number of allylic oxidation sites excluding steroid dienone is 2. The maximum atomic E-state index is 11.4. The molecule has 0 saturated carbocycles. The summed E-state index contributed by atoms with van der Waals surface area (Å²) >= 11 is 0. The van der Waals surface area contributed by atoms with Crippen molar-refractivity contribution in [3.8, 4) is 0 Å². The molecule has 0 nitrogen and oxygen atoms in total. The maximum Gasteiger partial charge on any atom is 0.0931 e. The van der Waals surface area contributed by atoms with E-state index in [9.17, 15) is 4.39 Å². The van der Waals surface area contributed by atoms with Crippen molar-refractivity contribution in [2.24, 2.45) is 0 Å². The zero-order valence-electron chi connectivity index (χ0n) is 4.87. The normalized spacial score (nSPS) is 12.1. The molecule has 0 radical (unpaired) electrons. The highest BCUT2D eigenvalue weighted by molar-refractivity contribution is 4.94. The lowest BCUT2D eigenvalue weighted by molar-refractivity contribution is 0.494. The minimum absolute atomic E-state index is 0.226. The van der Waals surface area contributed by atoms with Crippen LogP contribution < -0.4 is 0 Å². The topological polar surface area (TPSA) is 0 Å². The number of hydrogen-bond donors (Lipinski definition) is 0. The Morgan fingerprint density at radius 1 is 1.71 bits per heavy atom. The molecular weight excluding hydrogens is 91.1 g/mol. The summed E-state index contributed by atoms with van der Waals surface area (Å²) in [6, 6.07) is 0. The van der Waals surface area contributed by atoms with Crippen molar-refractivity contribution in [1.82, 2.24) is 0 Å². The SMILES string of the molecule is CC=C(C)CCF. The van der Waals surface area contributed by atoms with Gasteiger partial charge in [-0.1, -0.05) is 11.6 Å². The molecule has 0 spiro atoms. The molecule has 0 N–H and O–H groups in total. The van der Waals surface area contributed by atoms with Crippen molar-refractivity contribution in [2.75, 3.05) is 6.67 Å². The van der Waals surface area contributed by atoms with Crippen LogP contribution in [0.15, 0.2) is 11.6 Å². The van der Waals surface area contributed by atoms with Crippen molar-refractivity contribution < 1.29 is 4.39 Å². The molecular formula is C6H11F. The van der Waals surface area contributed by atoms with E-state index in [1.807, 2.05) is 19.9 Å². The van der Waals surface area contributed by atoms with E-state index in [-0.39, 0.29) is 6.67 Å². The highest BCUT2D eigenvalue weighted by atomic mass is 19.1. The van der Waals surface area contributed by atoms with E-state index in [0.29, 0.717) is 6.42 Å². The summed E-state index contributed by atoms with van der Waals surface area (Å²) in [4.78, 5) is 0. The molecule has 0 aromatic heterocycles. The molecule has 0 saturated heterocycles. The first-order valence-corrected chi connectivity index (χ1v) is 2.49. The van der Waals surface area contributed by atoms with Gasteiger partial charge < -0.3 is 0 Å². The summed E-state index contributed by atoms with van der Waals surface area (Å²) in [5, 5.41) is 0. The van der Waals surface area contributed by atoms with Crippen LogP contribution in [-0.4, -0.2) is 6.67 Å².